The van der Waals surface area contributed by atoms with Crippen LogP contribution in [0.4, 0.5) is 5.69 Å². The first-order chi connectivity index (χ1) is 11.0. The first kappa shape index (κ1) is 15.8. The smallest absolute Gasteiger partial charge is 0.261 e. The maximum Gasteiger partial charge on any atom is 0.261 e. The molecule has 1 aromatic carbocycles. The lowest BCUT2D eigenvalue weighted by atomic mass is 10.2. The summed E-state index contributed by atoms with van der Waals surface area (Å²) in [6.07, 6.45) is 1.28. The van der Waals surface area contributed by atoms with Crippen LogP contribution >= 0.6 is 0 Å². The number of aryl methyl sites for hydroxylation is 1. The number of aromatic nitrogens is 3. The van der Waals surface area contributed by atoms with Crippen LogP contribution in [0.2, 0.25) is 0 Å². The minimum Gasteiger partial charge on any atom is -0.495 e. The highest BCUT2D eigenvalue weighted by Gasteiger charge is 2.31. The number of anilines is 1. The molecule has 0 saturated carbocycles. The number of hydrogen-bond donors (Lipinski definition) is 0. The van der Waals surface area contributed by atoms with Gasteiger partial charge in [-0.1, -0.05) is 17.3 Å². The van der Waals surface area contributed by atoms with Crippen molar-refractivity contribution in [1.82, 2.24) is 19.3 Å². The van der Waals surface area contributed by atoms with Gasteiger partial charge in [0.1, 0.15) is 5.75 Å². The van der Waals surface area contributed by atoms with Crippen molar-refractivity contribution >= 4 is 15.7 Å². The van der Waals surface area contributed by atoms with E-state index in [1.807, 2.05) is 24.3 Å². The van der Waals surface area contributed by atoms with Crippen molar-refractivity contribution in [2.75, 3.05) is 38.2 Å². The molecule has 3 rings (SSSR count). The van der Waals surface area contributed by atoms with Gasteiger partial charge in [-0.3, -0.25) is 0 Å². The van der Waals surface area contributed by atoms with E-state index in [-0.39, 0.29) is 5.03 Å². The van der Waals surface area contributed by atoms with E-state index < -0.39 is 10.0 Å². The van der Waals surface area contributed by atoms with E-state index in [9.17, 15) is 8.42 Å². The van der Waals surface area contributed by atoms with Gasteiger partial charge in [-0.15, -0.1) is 5.10 Å². The van der Waals surface area contributed by atoms with Crippen LogP contribution in [-0.4, -0.2) is 61.0 Å². The molecule has 1 saturated heterocycles. The molecule has 1 aliphatic heterocycles. The van der Waals surface area contributed by atoms with Crippen LogP contribution in [0.25, 0.3) is 0 Å². The molecule has 0 atom stereocenters. The van der Waals surface area contributed by atoms with Gasteiger partial charge in [-0.25, -0.2) is 13.1 Å². The first-order valence-corrected chi connectivity index (χ1v) is 8.71. The summed E-state index contributed by atoms with van der Waals surface area (Å²) in [5.41, 5.74) is 0.981. The molecule has 0 aliphatic carbocycles. The molecule has 124 valence electrons. The molecule has 23 heavy (non-hydrogen) atoms. The molecule has 0 N–H and O–H groups in total. The molecule has 0 bridgehead atoms. The van der Waals surface area contributed by atoms with Crippen molar-refractivity contribution in [2.45, 2.75) is 5.03 Å². The van der Waals surface area contributed by atoms with Crippen molar-refractivity contribution in [3.63, 3.8) is 0 Å². The molecule has 1 fully saturated rings. The van der Waals surface area contributed by atoms with E-state index in [0.29, 0.717) is 26.2 Å². The predicted molar refractivity (Wildman–Crippen MR) is 85.0 cm³/mol. The Balaban J connectivity index is 1.75. The summed E-state index contributed by atoms with van der Waals surface area (Å²) in [6.45, 7) is 2.02. The normalized spacial score (nSPS) is 16.5. The van der Waals surface area contributed by atoms with Crippen molar-refractivity contribution in [2.24, 2.45) is 7.05 Å². The molecule has 1 aromatic heterocycles. The SMILES string of the molecule is COc1ccccc1N1CCN(S(=O)(=O)c2cnnn2C)CC1. The number of para-hydroxylation sites is 2. The minimum absolute atomic E-state index is 0.114. The number of rotatable bonds is 4. The lowest BCUT2D eigenvalue weighted by Crippen LogP contribution is -2.49. The molecule has 1 aliphatic rings. The second-order valence-electron chi connectivity index (χ2n) is 5.26. The van der Waals surface area contributed by atoms with E-state index in [4.69, 9.17) is 4.74 Å². The van der Waals surface area contributed by atoms with Gasteiger partial charge < -0.3 is 9.64 Å². The van der Waals surface area contributed by atoms with Crippen LogP contribution in [0, 0.1) is 0 Å². The number of sulfonamides is 1. The van der Waals surface area contributed by atoms with Crippen molar-refractivity contribution in [3.05, 3.63) is 30.5 Å². The lowest BCUT2D eigenvalue weighted by Gasteiger charge is -2.35. The number of benzene rings is 1. The zero-order valence-corrected chi connectivity index (χ0v) is 13.9. The van der Waals surface area contributed by atoms with Gasteiger partial charge in [0.05, 0.1) is 19.0 Å². The Morgan fingerprint density at radius 2 is 1.83 bits per heavy atom. The molecule has 2 heterocycles. The number of ether oxygens (including phenoxy) is 1. The summed E-state index contributed by atoms with van der Waals surface area (Å²) in [7, 11) is -0.349. The van der Waals surface area contributed by atoms with E-state index in [1.54, 1.807) is 14.2 Å². The monoisotopic (exact) mass is 337 g/mol. The molecule has 2 aromatic rings. The Kier molecular flexibility index (Phi) is 4.22. The van der Waals surface area contributed by atoms with E-state index in [0.717, 1.165) is 11.4 Å². The zero-order chi connectivity index (χ0) is 16.4. The highest BCUT2D eigenvalue weighted by atomic mass is 32.2. The largest absolute Gasteiger partial charge is 0.495 e. The number of hydrogen-bond acceptors (Lipinski definition) is 6. The Morgan fingerprint density at radius 1 is 1.13 bits per heavy atom. The maximum absolute atomic E-state index is 12.6. The molecule has 0 amide bonds. The Bertz CT molecular complexity index is 781. The average Bonchev–Trinajstić information content (AvgIpc) is 3.02. The molecular weight excluding hydrogens is 318 g/mol. The summed E-state index contributed by atoms with van der Waals surface area (Å²) < 4.78 is 33.4. The zero-order valence-electron chi connectivity index (χ0n) is 13.1. The Morgan fingerprint density at radius 3 is 2.43 bits per heavy atom. The number of piperazine rings is 1. The van der Waals surface area contributed by atoms with Crippen LogP contribution in [0.3, 0.4) is 0 Å². The first-order valence-electron chi connectivity index (χ1n) is 7.27. The summed E-state index contributed by atoms with van der Waals surface area (Å²) in [5.74, 6) is 0.791. The third kappa shape index (κ3) is 2.89. The molecule has 8 nitrogen and oxygen atoms in total. The van der Waals surface area contributed by atoms with Crippen LogP contribution in [-0.2, 0) is 17.1 Å². The summed E-state index contributed by atoms with van der Waals surface area (Å²) in [4.78, 5) is 2.13. The lowest BCUT2D eigenvalue weighted by molar-refractivity contribution is 0.375. The highest BCUT2D eigenvalue weighted by Crippen LogP contribution is 2.29. The van der Waals surface area contributed by atoms with Crippen molar-refractivity contribution in [1.29, 1.82) is 0 Å². The predicted octanol–water partition coefficient (Wildman–Crippen LogP) is 0.335. The Hall–Kier alpha value is -2.13. The van der Waals surface area contributed by atoms with Crippen LogP contribution in [0.5, 0.6) is 5.75 Å². The number of nitrogens with zero attached hydrogens (tertiary/aromatic N) is 5. The topological polar surface area (TPSA) is 80.6 Å². The molecule has 9 heteroatoms. The third-order valence-corrected chi connectivity index (χ3v) is 5.88. The fraction of sp³-hybridized carbons (Fsp3) is 0.429. The van der Waals surface area contributed by atoms with Gasteiger partial charge >= 0.3 is 0 Å². The fourth-order valence-electron chi connectivity index (χ4n) is 2.71. The molecule has 0 unspecified atom stereocenters. The second kappa shape index (κ2) is 6.17. The van der Waals surface area contributed by atoms with Crippen LogP contribution in [0.15, 0.2) is 35.5 Å². The minimum atomic E-state index is -3.56. The Labute approximate surface area is 135 Å². The number of methoxy groups -OCH3 is 1. The third-order valence-electron chi connectivity index (χ3n) is 3.94. The van der Waals surface area contributed by atoms with Crippen molar-refractivity contribution < 1.29 is 13.2 Å². The van der Waals surface area contributed by atoms with E-state index in [2.05, 4.69) is 15.2 Å². The highest BCUT2D eigenvalue weighted by molar-refractivity contribution is 7.89. The summed E-state index contributed by atoms with van der Waals surface area (Å²) >= 11 is 0. The second-order valence-corrected chi connectivity index (χ2v) is 7.14. The van der Waals surface area contributed by atoms with E-state index in [1.165, 1.54) is 15.2 Å². The molecule has 0 spiro atoms. The van der Waals surface area contributed by atoms with Gasteiger partial charge in [0.2, 0.25) is 0 Å². The van der Waals surface area contributed by atoms with E-state index >= 15 is 0 Å². The molecular formula is C14H19N5O3S. The average molecular weight is 337 g/mol. The van der Waals surface area contributed by atoms with Gasteiger partial charge in [-0.2, -0.15) is 4.31 Å². The van der Waals surface area contributed by atoms with Crippen LogP contribution < -0.4 is 9.64 Å². The summed E-state index contributed by atoms with van der Waals surface area (Å²) in [6, 6.07) is 7.74. The standard InChI is InChI=1S/C14H19N5O3S/c1-17-14(11-15-16-17)23(20,21)19-9-7-18(8-10-19)12-5-3-4-6-13(12)22-2/h3-6,11H,7-10H2,1-2H3. The molecule has 0 radical (unpaired) electrons. The van der Waals surface area contributed by atoms with Crippen LogP contribution in [0.1, 0.15) is 0 Å². The van der Waals surface area contributed by atoms with Gasteiger partial charge in [0.15, 0.2) is 5.03 Å². The van der Waals surface area contributed by atoms with Crippen molar-refractivity contribution in [3.8, 4) is 5.75 Å². The quantitative estimate of drug-likeness (QED) is 0.800. The summed E-state index contributed by atoms with van der Waals surface area (Å²) in [5, 5.41) is 7.46. The van der Waals surface area contributed by atoms with Gasteiger partial charge in [0.25, 0.3) is 10.0 Å². The van der Waals surface area contributed by atoms with Gasteiger partial charge in [0, 0.05) is 33.2 Å². The van der Waals surface area contributed by atoms with Gasteiger partial charge in [-0.05, 0) is 12.1 Å². The maximum atomic E-state index is 12.6. The fourth-order valence-corrected chi connectivity index (χ4v) is 4.17.